The van der Waals surface area contributed by atoms with E-state index in [0.717, 1.165) is 24.5 Å². The van der Waals surface area contributed by atoms with Crippen LogP contribution in [0, 0.1) is 17.5 Å². The average molecular weight is 551 g/mol. The van der Waals surface area contributed by atoms with Gasteiger partial charge in [0.05, 0.1) is 6.26 Å². The summed E-state index contributed by atoms with van der Waals surface area (Å²) >= 11 is 0. The molecule has 0 radical (unpaired) electrons. The molecule has 204 valence electrons. The molecular weight excluding hydrogens is 522 g/mol. The topological polar surface area (TPSA) is 60.9 Å². The SMILES string of the molecule is CCc1c(-c2ccc(C(C)(O)C(F)(F)F)cc2F)cc(F)c(CN2CC3CCC(C2)N3S(C)(=O)=O)c1F. The lowest BCUT2D eigenvalue weighted by molar-refractivity contribution is -0.258. The van der Waals surface area contributed by atoms with Gasteiger partial charge < -0.3 is 5.11 Å². The molecule has 0 aromatic heterocycles. The number of sulfonamides is 1. The second kappa shape index (κ2) is 9.55. The lowest BCUT2D eigenvalue weighted by Crippen LogP contribution is -2.55. The predicted molar refractivity (Wildman–Crippen MR) is 126 cm³/mol. The number of aliphatic hydroxyl groups is 1. The van der Waals surface area contributed by atoms with Gasteiger partial charge in [0.25, 0.3) is 0 Å². The molecule has 12 heteroatoms. The number of hydrogen-bond acceptors (Lipinski definition) is 4. The first-order valence-corrected chi connectivity index (χ1v) is 13.7. The van der Waals surface area contributed by atoms with Crippen molar-refractivity contribution >= 4 is 10.0 Å². The Balaban J connectivity index is 1.65. The van der Waals surface area contributed by atoms with Crippen LogP contribution in [-0.4, -0.2) is 60.3 Å². The molecule has 0 spiro atoms. The van der Waals surface area contributed by atoms with Crippen LogP contribution >= 0.6 is 0 Å². The second-order valence-corrected chi connectivity index (χ2v) is 11.9. The van der Waals surface area contributed by atoms with Gasteiger partial charge in [-0.2, -0.15) is 17.5 Å². The molecule has 3 atom stereocenters. The fourth-order valence-corrected chi connectivity index (χ4v) is 6.91. The molecule has 0 aliphatic carbocycles. The van der Waals surface area contributed by atoms with E-state index in [-0.39, 0.29) is 47.3 Å². The van der Waals surface area contributed by atoms with Crippen molar-refractivity contribution in [2.24, 2.45) is 0 Å². The summed E-state index contributed by atoms with van der Waals surface area (Å²) in [6, 6.07) is 2.80. The minimum atomic E-state index is -5.05. The number of alkyl halides is 3. The van der Waals surface area contributed by atoms with Crippen LogP contribution in [0.3, 0.4) is 0 Å². The van der Waals surface area contributed by atoms with Crippen molar-refractivity contribution < 1.29 is 39.9 Å². The minimum Gasteiger partial charge on any atom is -0.376 e. The maximum absolute atomic E-state index is 15.6. The molecule has 5 nitrogen and oxygen atoms in total. The van der Waals surface area contributed by atoms with Gasteiger partial charge >= 0.3 is 6.18 Å². The summed E-state index contributed by atoms with van der Waals surface area (Å²) in [6.07, 6.45) is -2.52. The Bertz CT molecular complexity index is 1300. The first-order valence-electron chi connectivity index (χ1n) is 11.9. The summed E-state index contributed by atoms with van der Waals surface area (Å²) < 4.78 is 111. The molecule has 2 bridgehead atoms. The highest BCUT2D eigenvalue weighted by Gasteiger charge is 2.51. The molecule has 37 heavy (non-hydrogen) atoms. The standard InChI is InChI=1S/C25H28F6N2O3S/c1-4-17-19(18-8-5-14(9-21(18)26)24(2,34)25(29,30)31)10-22(27)20(23(17)28)13-32-11-15-6-7-16(12-32)33(15)37(3,35)36/h5,8-10,15-16,34H,4,6-7,11-13H2,1-3H3. The maximum Gasteiger partial charge on any atom is 0.421 e. The summed E-state index contributed by atoms with van der Waals surface area (Å²) in [5, 5.41) is 9.84. The number of nitrogens with zero attached hydrogens (tertiary/aromatic N) is 2. The molecule has 4 rings (SSSR count). The lowest BCUT2D eigenvalue weighted by Gasteiger charge is -2.39. The second-order valence-electron chi connectivity index (χ2n) is 9.97. The molecular formula is C25H28F6N2O3S. The number of rotatable bonds is 6. The van der Waals surface area contributed by atoms with Crippen molar-refractivity contribution in [2.75, 3.05) is 19.3 Å². The van der Waals surface area contributed by atoms with Gasteiger partial charge in [-0.25, -0.2) is 21.6 Å². The summed E-state index contributed by atoms with van der Waals surface area (Å²) in [5.41, 5.74) is -4.68. The van der Waals surface area contributed by atoms with Crippen LogP contribution in [0.15, 0.2) is 24.3 Å². The average Bonchev–Trinajstić information content (AvgIpc) is 3.07. The Kier molecular flexibility index (Phi) is 7.19. The van der Waals surface area contributed by atoms with Crippen molar-refractivity contribution in [3.63, 3.8) is 0 Å². The van der Waals surface area contributed by atoms with Crippen LogP contribution in [0.5, 0.6) is 0 Å². The number of hydrogen-bond donors (Lipinski definition) is 1. The number of fused-ring (bicyclic) bond motifs is 2. The van der Waals surface area contributed by atoms with Gasteiger partial charge in [-0.05, 0) is 55.0 Å². The highest BCUT2D eigenvalue weighted by atomic mass is 32.2. The van der Waals surface area contributed by atoms with E-state index in [9.17, 15) is 31.1 Å². The Morgan fingerprint density at radius 2 is 1.57 bits per heavy atom. The molecule has 2 aliphatic rings. The van der Waals surface area contributed by atoms with E-state index >= 15 is 8.78 Å². The molecule has 2 saturated heterocycles. The van der Waals surface area contributed by atoms with Crippen LogP contribution < -0.4 is 0 Å². The highest BCUT2D eigenvalue weighted by Crippen LogP contribution is 2.41. The molecule has 2 aromatic carbocycles. The fraction of sp³-hybridized carbons (Fsp3) is 0.520. The third-order valence-electron chi connectivity index (χ3n) is 7.40. The largest absolute Gasteiger partial charge is 0.421 e. The zero-order chi connectivity index (χ0) is 27.5. The minimum absolute atomic E-state index is 0.00313. The smallest absolute Gasteiger partial charge is 0.376 e. The number of benzene rings is 2. The van der Waals surface area contributed by atoms with Crippen molar-refractivity contribution in [2.45, 2.75) is 63.5 Å². The van der Waals surface area contributed by atoms with E-state index in [1.807, 2.05) is 0 Å². The number of likely N-dealkylation sites (tertiary alicyclic amines) is 1. The van der Waals surface area contributed by atoms with Crippen molar-refractivity contribution in [1.29, 1.82) is 0 Å². The number of halogens is 6. The van der Waals surface area contributed by atoms with Crippen LogP contribution in [-0.2, 0) is 28.6 Å². The molecule has 2 fully saturated rings. The van der Waals surface area contributed by atoms with Crippen LogP contribution in [0.1, 0.15) is 43.4 Å². The molecule has 0 saturated carbocycles. The van der Waals surface area contributed by atoms with Gasteiger partial charge in [0.1, 0.15) is 17.5 Å². The Morgan fingerprint density at radius 1 is 0.973 bits per heavy atom. The van der Waals surface area contributed by atoms with Crippen LogP contribution in [0.2, 0.25) is 0 Å². The third-order valence-corrected chi connectivity index (χ3v) is 8.76. The van der Waals surface area contributed by atoms with E-state index in [0.29, 0.717) is 38.9 Å². The van der Waals surface area contributed by atoms with E-state index in [4.69, 9.17) is 0 Å². The van der Waals surface area contributed by atoms with Crippen LogP contribution in [0.4, 0.5) is 26.3 Å². The van der Waals surface area contributed by atoms with E-state index in [2.05, 4.69) is 0 Å². The lowest BCUT2D eigenvalue weighted by atomic mass is 9.90. The quantitative estimate of drug-likeness (QED) is 0.530. The first kappa shape index (κ1) is 27.9. The molecule has 0 amide bonds. The molecule has 2 aliphatic heterocycles. The predicted octanol–water partition coefficient (Wildman–Crippen LogP) is 4.71. The van der Waals surface area contributed by atoms with E-state index in [1.54, 1.807) is 11.8 Å². The summed E-state index contributed by atoms with van der Waals surface area (Å²) in [4.78, 5) is 1.80. The van der Waals surface area contributed by atoms with E-state index < -0.39 is 44.8 Å². The monoisotopic (exact) mass is 550 g/mol. The summed E-state index contributed by atoms with van der Waals surface area (Å²) in [7, 11) is -3.40. The summed E-state index contributed by atoms with van der Waals surface area (Å²) in [5.74, 6) is -2.97. The summed E-state index contributed by atoms with van der Waals surface area (Å²) in [6.45, 7) is 2.62. The third kappa shape index (κ3) is 5.00. The Labute approximate surface area is 211 Å². The van der Waals surface area contributed by atoms with Gasteiger partial charge in [0, 0.05) is 42.8 Å². The first-order chi connectivity index (χ1) is 17.1. The van der Waals surface area contributed by atoms with Gasteiger partial charge in [-0.3, -0.25) is 4.90 Å². The Morgan fingerprint density at radius 3 is 2.05 bits per heavy atom. The van der Waals surface area contributed by atoms with Crippen molar-refractivity contribution in [1.82, 2.24) is 9.21 Å². The zero-order valence-corrected chi connectivity index (χ0v) is 21.4. The molecule has 2 aromatic rings. The number of piperazine rings is 1. The Hall–Kier alpha value is -2.15. The normalized spacial score (nSPS) is 22.9. The molecule has 1 N–H and O–H groups in total. The van der Waals surface area contributed by atoms with Gasteiger partial charge in [0.15, 0.2) is 5.60 Å². The van der Waals surface area contributed by atoms with Gasteiger partial charge in [0.2, 0.25) is 10.0 Å². The van der Waals surface area contributed by atoms with Crippen LogP contribution in [0.25, 0.3) is 11.1 Å². The zero-order valence-electron chi connectivity index (χ0n) is 20.5. The maximum atomic E-state index is 15.6. The van der Waals surface area contributed by atoms with Crippen molar-refractivity contribution in [3.05, 3.63) is 58.4 Å². The fourth-order valence-electron chi connectivity index (χ4n) is 5.48. The van der Waals surface area contributed by atoms with Crippen molar-refractivity contribution in [3.8, 4) is 11.1 Å². The highest BCUT2D eigenvalue weighted by molar-refractivity contribution is 7.88. The van der Waals surface area contributed by atoms with Gasteiger partial charge in [-0.15, -0.1) is 0 Å². The van der Waals surface area contributed by atoms with Gasteiger partial charge in [-0.1, -0.05) is 19.1 Å². The van der Waals surface area contributed by atoms with E-state index in [1.165, 1.54) is 4.31 Å². The molecule has 2 heterocycles. The molecule has 3 unspecified atom stereocenters.